The Kier molecular flexibility index (Phi) is 7.20. The van der Waals surface area contributed by atoms with Crippen molar-refractivity contribution in [1.29, 1.82) is 0 Å². The molecule has 114 valence electrons. The van der Waals surface area contributed by atoms with Crippen molar-refractivity contribution in [2.45, 2.75) is 45.6 Å². The molecule has 1 N–H and O–H groups in total. The summed E-state index contributed by atoms with van der Waals surface area (Å²) < 4.78 is 1.35. The van der Waals surface area contributed by atoms with Crippen LogP contribution in [-0.4, -0.2) is 6.54 Å². The first-order valence-electron chi connectivity index (χ1n) is 7.80. The highest BCUT2D eigenvalue weighted by Crippen LogP contribution is 2.27. The minimum atomic E-state index is 0.324. The van der Waals surface area contributed by atoms with Crippen LogP contribution in [0.15, 0.2) is 35.7 Å². The van der Waals surface area contributed by atoms with Gasteiger partial charge in [-0.3, -0.25) is 0 Å². The second-order valence-electron chi connectivity index (χ2n) is 5.42. The summed E-state index contributed by atoms with van der Waals surface area (Å²) in [5.74, 6) is 0. The summed E-state index contributed by atoms with van der Waals surface area (Å²) in [6, 6.07) is 11.8. The van der Waals surface area contributed by atoms with E-state index in [-0.39, 0.29) is 0 Å². The molecular weight excluding hydrogens is 389 g/mol. The summed E-state index contributed by atoms with van der Waals surface area (Å²) in [6.45, 7) is 5.52. The smallest absolute Gasteiger partial charge is 0.0656 e. The van der Waals surface area contributed by atoms with Crippen molar-refractivity contribution < 1.29 is 0 Å². The first-order valence-corrected chi connectivity index (χ1v) is 9.76. The van der Waals surface area contributed by atoms with Gasteiger partial charge in [0.1, 0.15) is 0 Å². The van der Waals surface area contributed by atoms with E-state index >= 15 is 0 Å². The topological polar surface area (TPSA) is 12.0 Å². The van der Waals surface area contributed by atoms with Gasteiger partial charge in [0.2, 0.25) is 0 Å². The van der Waals surface area contributed by atoms with Crippen molar-refractivity contribution in [2.24, 2.45) is 0 Å². The number of aryl methyl sites for hydroxylation is 1. The molecule has 0 aliphatic heterocycles. The number of hydrogen-bond acceptors (Lipinski definition) is 2. The summed E-state index contributed by atoms with van der Waals surface area (Å²) in [4.78, 5) is 0. The maximum Gasteiger partial charge on any atom is 0.0656 e. The molecule has 1 aromatic carbocycles. The van der Waals surface area contributed by atoms with Gasteiger partial charge < -0.3 is 5.32 Å². The molecule has 0 aliphatic carbocycles. The first kappa shape index (κ1) is 17.0. The van der Waals surface area contributed by atoms with E-state index in [9.17, 15) is 0 Å². The van der Waals surface area contributed by atoms with Gasteiger partial charge in [-0.2, -0.15) is 0 Å². The van der Waals surface area contributed by atoms with Crippen LogP contribution in [0.5, 0.6) is 0 Å². The van der Waals surface area contributed by atoms with Crippen LogP contribution in [0.2, 0.25) is 0 Å². The van der Waals surface area contributed by atoms with Gasteiger partial charge in [-0.25, -0.2) is 0 Å². The first-order chi connectivity index (χ1) is 10.2. The van der Waals surface area contributed by atoms with Crippen LogP contribution in [0.25, 0.3) is 0 Å². The van der Waals surface area contributed by atoms with Crippen LogP contribution in [0.3, 0.4) is 0 Å². The molecule has 21 heavy (non-hydrogen) atoms. The molecule has 1 atom stereocenters. The Morgan fingerprint density at radius 3 is 2.43 bits per heavy atom. The standard InChI is InChI=1S/C18H24INS/c1-3-5-6-14-7-9-15(10-8-14)18(20-11-4-2)16-12-17(19)21-13-16/h7-10,12-13,18,20H,3-6,11H2,1-2H3. The molecule has 0 amide bonds. The highest BCUT2D eigenvalue weighted by atomic mass is 127. The Balaban J connectivity index is 2.16. The maximum atomic E-state index is 3.68. The van der Waals surface area contributed by atoms with Crippen molar-refractivity contribution in [2.75, 3.05) is 6.54 Å². The third kappa shape index (κ3) is 5.08. The van der Waals surface area contributed by atoms with E-state index in [1.54, 1.807) is 0 Å². The zero-order chi connectivity index (χ0) is 15.1. The lowest BCUT2D eigenvalue weighted by Crippen LogP contribution is -2.22. The van der Waals surface area contributed by atoms with Crippen molar-refractivity contribution >= 4 is 33.9 Å². The molecule has 1 heterocycles. The van der Waals surface area contributed by atoms with Crippen LogP contribution >= 0.6 is 33.9 Å². The minimum absolute atomic E-state index is 0.324. The van der Waals surface area contributed by atoms with Gasteiger partial charge in [-0.05, 0) is 76.5 Å². The van der Waals surface area contributed by atoms with Crippen LogP contribution < -0.4 is 5.32 Å². The van der Waals surface area contributed by atoms with Crippen molar-refractivity contribution in [3.63, 3.8) is 0 Å². The molecule has 2 aromatic rings. The fraction of sp³-hybridized carbons (Fsp3) is 0.444. The van der Waals surface area contributed by atoms with Crippen LogP contribution in [0.1, 0.15) is 55.8 Å². The number of benzene rings is 1. The van der Waals surface area contributed by atoms with Crippen LogP contribution in [-0.2, 0) is 6.42 Å². The number of thiophene rings is 1. The molecule has 3 heteroatoms. The van der Waals surface area contributed by atoms with E-state index in [0.717, 1.165) is 13.0 Å². The predicted molar refractivity (Wildman–Crippen MR) is 102 cm³/mol. The third-order valence-electron chi connectivity index (χ3n) is 3.65. The molecule has 2 rings (SSSR count). The highest BCUT2D eigenvalue weighted by molar-refractivity contribution is 14.1. The average molecular weight is 413 g/mol. The van der Waals surface area contributed by atoms with Crippen molar-refractivity contribution in [1.82, 2.24) is 5.32 Å². The largest absolute Gasteiger partial charge is 0.306 e. The molecule has 0 aliphatic rings. The van der Waals surface area contributed by atoms with E-state index in [4.69, 9.17) is 0 Å². The molecule has 0 fully saturated rings. The second-order valence-corrected chi connectivity index (χ2v) is 8.22. The zero-order valence-corrected chi connectivity index (χ0v) is 15.8. The van der Waals surface area contributed by atoms with Gasteiger partial charge in [0.15, 0.2) is 0 Å². The molecule has 1 aromatic heterocycles. The van der Waals surface area contributed by atoms with E-state index < -0.39 is 0 Å². The predicted octanol–water partition coefficient (Wildman–Crippen LogP) is 5.78. The second kappa shape index (κ2) is 8.91. The molecule has 0 bridgehead atoms. The van der Waals surface area contributed by atoms with Gasteiger partial charge in [0, 0.05) is 0 Å². The van der Waals surface area contributed by atoms with Gasteiger partial charge in [-0.1, -0.05) is 44.5 Å². The molecule has 1 unspecified atom stereocenters. The lowest BCUT2D eigenvalue weighted by atomic mass is 9.98. The SMILES string of the molecule is CCCCc1ccc(C(NCCC)c2csc(I)c2)cc1. The summed E-state index contributed by atoms with van der Waals surface area (Å²) in [7, 11) is 0. The molecule has 0 spiro atoms. The Labute approximate surface area is 146 Å². The normalized spacial score (nSPS) is 12.5. The Morgan fingerprint density at radius 2 is 1.86 bits per heavy atom. The van der Waals surface area contributed by atoms with Gasteiger partial charge in [0.25, 0.3) is 0 Å². The Bertz CT molecular complexity index is 532. The summed E-state index contributed by atoms with van der Waals surface area (Å²) in [5.41, 5.74) is 4.21. The monoisotopic (exact) mass is 413 g/mol. The number of rotatable bonds is 8. The molecule has 1 nitrogen and oxygen atoms in total. The quantitative estimate of drug-likeness (QED) is 0.541. The molecular formula is C18H24INS. The van der Waals surface area contributed by atoms with Crippen molar-refractivity contribution in [3.8, 4) is 0 Å². The average Bonchev–Trinajstić information content (AvgIpc) is 2.93. The van der Waals surface area contributed by atoms with Gasteiger partial charge in [-0.15, -0.1) is 11.3 Å². The summed E-state index contributed by atoms with van der Waals surface area (Å²) in [6.07, 6.45) is 4.89. The maximum absolute atomic E-state index is 3.68. The summed E-state index contributed by atoms with van der Waals surface area (Å²) >= 11 is 4.22. The van der Waals surface area contributed by atoms with Crippen LogP contribution in [0.4, 0.5) is 0 Å². The van der Waals surface area contributed by atoms with E-state index in [1.165, 1.54) is 38.8 Å². The van der Waals surface area contributed by atoms with E-state index in [2.05, 4.69) is 77.5 Å². The van der Waals surface area contributed by atoms with Gasteiger partial charge in [0.05, 0.1) is 8.93 Å². The summed E-state index contributed by atoms with van der Waals surface area (Å²) in [5, 5.41) is 5.96. The third-order valence-corrected chi connectivity index (χ3v) is 5.46. The lowest BCUT2D eigenvalue weighted by Gasteiger charge is -2.18. The fourth-order valence-electron chi connectivity index (χ4n) is 2.45. The molecule has 0 saturated heterocycles. The lowest BCUT2D eigenvalue weighted by molar-refractivity contribution is 0.599. The van der Waals surface area contributed by atoms with E-state index in [1.807, 2.05) is 11.3 Å². The zero-order valence-electron chi connectivity index (χ0n) is 12.9. The fourth-order valence-corrected chi connectivity index (χ4v) is 3.85. The van der Waals surface area contributed by atoms with Gasteiger partial charge >= 0.3 is 0 Å². The molecule has 0 radical (unpaired) electrons. The number of hydrogen-bond donors (Lipinski definition) is 1. The van der Waals surface area contributed by atoms with Crippen molar-refractivity contribution in [3.05, 3.63) is 55.3 Å². The Morgan fingerprint density at radius 1 is 1.10 bits per heavy atom. The van der Waals surface area contributed by atoms with E-state index in [0.29, 0.717) is 6.04 Å². The molecule has 0 saturated carbocycles. The Hall–Kier alpha value is -0.390. The van der Waals surface area contributed by atoms with Crippen LogP contribution in [0, 0.1) is 2.88 Å². The number of nitrogens with one attached hydrogen (secondary N) is 1. The number of halogens is 1. The highest BCUT2D eigenvalue weighted by Gasteiger charge is 2.14. The minimum Gasteiger partial charge on any atom is -0.306 e. The number of unbranched alkanes of at least 4 members (excludes halogenated alkanes) is 1.